The van der Waals surface area contributed by atoms with Gasteiger partial charge in [0, 0.05) is 34.0 Å². The van der Waals surface area contributed by atoms with E-state index in [1.54, 1.807) is 0 Å². The van der Waals surface area contributed by atoms with Crippen LogP contribution in [0.2, 0.25) is 0 Å². The molecule has 0 atom stereocenters. The summed E-state index contributed by atoms with van der Waals surface area (Å²) in [4.78, 5) is 4.89. The van der Waals surface area contributed by atoms with Crippen molar-refractivity contribution in [3.05, 3.63) is 279 Å². The Morgan fingerprint density at radius 2 is 0.776 bits per heavy atom. The first-order valence-electron chi connectivity index (χ1n) is 23.1. The Balaban J connectivity index is 0.999. The summed E-state index contributed by atoms with van der Waals surface area (Å²) in [6, 6.07) is 103. The van der Waals surface area contributed by atoms with Gasteiger partial charge in [0.05, 0.1) is 5.69 Å². The molecule has 0 aliphatic carbocycles. The summed E-state index contributed by atoms with van der Waals surface area (Å²) < 4.78 is 0. The van der Waals surface area contributed by atoms with Crippen molar-refractivity contribution in [3.8, 4) is 33.4 Å². The Hall–Kier alpha value is -8.50. The summed E-state index contributed by atoms with van der Waals surface area (Å²) in [6.07, 6.45) is 0. The van der Waals surface area contributed by atoms with E-state index in [0.29, 0.717) is 0 Å². The van der Waals surface area contributed by atoms with Crippen LogP contribution in [0.4, 0.5) is 34.1 Å². The van der Waals surface area contributed by atoms with Gasteiger partial charge in [-0.2, -0.15) is 0 Å². The molecule has 316 valence electrons. The molecule has 0 N–H and O–H groups in total. The summed E-state index contributed by atoms with van der Waals surface area (Å²) in [6.45, 7) is 0. The summed E-state index contributed by atoms with van der Waals surface area (Å²) in [5, 5.41) is 8.01. The predicted molar refractivity (Wildman–Crippen MR) is 287 cm³/mol. The lowest BCUT2D eigenvalue weighted by Gasteiger charge is -2.45. The van der Waals surface area contributed by atoms with Crippen LogP contribution in [0.25, 0.3) is 44.2 Å². The maximum Gasteiger partial charge on any atom is 0.184 e. The Morgan fingerprint density at radius 1 is 0.299 bits per heavy atom. The van der Waals surface area contributed by atoms with Gasteiger partial charge in [0.25, 0.3) is 0 Å². The molecule has 1 aliphatic heterocycles. The highest BCUT2D eigenvalue weighted by atomic mass is 28.3. The average molecular weight is 871 g/mol. The zero-order chi connectivity index (χ0) is 44.6. The van der Waals surface area contributed by atoms with Crippen molar-refractivity contribution in [3.63, 3.8) is 0 Å². The van der Waals surface area contributed by atoms with E-state index in [2.05, 4.69) is 289 Å². The summed E-state index contributed by atoms with van der Waals surface area (Å²) in [7, 11) is -2.79. The predicted octanol–water partition coefficient (Wildman–Crippen LogP) is 14.5. The fourth-order valence-electron chi connectivity index (χ4n) is 10.4. The Morgan fingerprint density at radius 3 is 1.43 bits per heavy atom. The fraction of sp³-hybridized carbons (Fsp3) is 0. The third-order valence-corrected chi connectivity index (χ3v) is 18.4. The second kappa shape index (κ2) is 17.1. The van der Waals surface area contributed by atoms with Gasteiger partial charge in [0.15, 0.2) is 8.07 Å². The van der Waals surface area contributed by atoms with E-state index in [4.69, 9.17) is 0 Å². The number of anilines is 6. The van der Waals surface area contributed by atoms with Crippen LogP contribution < -0.4 is 30.5 Å². The lowest BCUT2D eigenvalue weighted by atomic mass is 9.99. The zero-order valence-corrected chi connectivity index (χ0v) is 38.0. The van der Waals surface area contributed by atoms with Crippen LogP contribution in [0, 0.1) is 0 Å². The van der Waals surface area contributed by atoms with Crippen molar-refractivity contribution in [1.82, 2.24) is 0 Å². The highest BCUT2D eigenvalue weighted by Crippen LogP contribution is 2.43. The van der Waals surface area contributed by atoms with Gasteiger partial charge in [-0.15, -0.1) is 0 Å². The molecular formula is C64H46N2Si. The number of fused-ring (bicyclic) bond motifs is 3. The second-order valence-electron chi connectivity index (χ2n) is 17.3. The molecule has 1 heterocycles. The van der Waals surface area contributed by atoms with Gasteiger partial charge >= 0.3 is 0 Å². The maximum absolute atomic E-state index is 2.79. The SMILES string of the molecule is c1ccc(-c2ccccc2N(c2ccc(-c3ccc4c(c3)N(c3ccccc3)c3ccccc3[Si]4(c3ccccc3)c3ccccc3)cc2)c2ccc(-c3ccc4ccccc4c3)cc2)cc1. The average Bonchev–Trinajstić information content (AvgIpc) is 3.41. The fourth-order valence-corrected chi connectivity index (χ4v) is 15.5. The number of para-hydroxylation sites is 3. The molecule has 0 saturated heterocycles. The molecule has 67 heavy (non-hydrogen) atoms. The van der Waals surface area contributed by atoms with Gasteiger partial charge in [-0.25, -0.2) is 0 Å². The minimum Gasteiger partial charge on any atom is -0.311 e. The smallest absolute Gasteiger partial charge is 0.184 e. The molecule has 0 spiro atoms. The number of benzene rings is 11. The lowest BCUT2D eigenvalue weighted by Crippen LogP contribution is -2.77. The van der Waals surface area contributed by atoms with Gasteiger partial charge in [0.1, 0.15) is 0 Å². The Bertz CT molecular complexity index is 3460. The normalized spacial score (nSPS) is 12.6. The van der Waals surface area contributed by atoms with E-state index in [1.165, 1.54) is 70.7 Å². The lowest BCUT2D eigenvalue weighted by molar-refractivity contribution is 1.28. The van der Waals surface area contributed by atoms with Crippen molar-refractivity contribution in [2.24, 2.45) is 0 Å². The quantitative estimate of drug-likeness (QED) is 0.133. The largest absolute Gasteiger partial charge is 0.311 e. The summed E-state index contributed by atoms with van der Waals surface area (Å²) >= 11 is 0. The van der Waals surface area contributed by atoms with Crippen LogP contribution in [0.1, 0.15) is 0 Å². The van der Waals surface area contributed by atoms with Crippen LogP contribution in [-0.2, 0) is 0 Å². The van der Waals surface area contributed by atoms with Crippen molar-refractivity contribution in [2.75, 3.05) is 9.80 Å². The molecule has 3 heteroatoms. The molecule has 1 aliphatic rings. The first-order valence-corrected chi connectivity index (χ1v) is 25.1. The van der Waals surface area contributed by atoms with Crippen molar-refractivity contribution in [2.45, 2.75) is 0 Å². The van der Waals surface area contributed by atoms with Gasteiger partial charge in [-0.1, -0.05) is 218 Å². The van der Waals surface area contributed by atoms with Crippen molar-refractivity contribution in [1.29, 1.82) is 0 Å². The van der Waals surface area contributed by atoms with E-state index < -0.39 is 8.07 Å². The number of nitrogens with zero attached hydrogens (tertiary/aromatic N) is 2. The number of rotatable bonds is 9. The summed E-state index contributed by atoms with van der Waals surface area (Å²) in [5.41, 5.74) is 14.0. The molecule has 0 fully saturated rings. The van der Waals surface area contributed by atoms with Gasteiger partial charge in [-0.05, 0) is 120 Å². The first kappa shape index (κ1) is 40.0. The first-order chi connectivity index (χ1) is 33.2. The summed E-state index contributed by atoms with van der Waals surface area (Å²) in [5.74, 6) is 0. The van der Waals surface area contributed by atoms with Crippen LogP contribution in [0.15, 0.2) is 279 Å². The minimum atomic E-state index is -2.79. The molecule has 2 nitrogen and oxygen atoms in total. The van der Waals surface area contributed by atoms with E-state index in [-0.39, 0.29) is 0 Å². The Labute approximate surface area is 394 Å². The molecule has 0 radical (unpaired) electrons. The molecule has 0 aromatic heterocycles. The molecule has 0 unspecified atom stereocenters. The van der Waals surface area contributed by atoms with Crippen LogP contribution in [0.5, 0.6) is 0 Å². The molecule has 12 rings (SSSR count). The topological polar surface area (TPSA) is 6.48 Å². The van der Waals surface area contributed by atoms with Crippen LogP contribution in [-0.4, -0.2) is 8.07 Å². The molecule has 11 aromatic rings. The van der Waals surface area contributed by atoms with E-state index in [9.17, 15) is 0 Å². The van der Waals surface area contributed by atoms with Crippen LogP contribution >= 0.6 is 0 Å². The third kappa shape index (κ3) is 7.05. The van der Waals surface area contributed by atoms with Gasteiger partial charge < -0.3 is 9.80 Å². The molecule has 0 bridgehead atoms. The molecule has 0 amide bonds. The molecule has 0 saturated carbocycles. The van der Waals surface area contributed by atoms with Crippen molar-refractivity contribution >= 4 is 73.7 Å². The van der Waals surface area contributed by atoms with E-state index in [1.807, 2.05) is 0 Å². The maximum atomic E-state index is 2.49. The zero-order valence-electron chi connectivity index (χ0n) is 37.0. The highest BCUT2D eigenvalue weighted by molar-refractivity contribution is 7.21. The minimum absolute atomic E-state index is 1.09. The van der Waals surface area contributed by atoms with Crippen molar-refractivity contribution < 1.29 is 0 Å². The third-order valence-electron chi connectivity index (χ3n) is 13.5. The van der Waals surface area contributed by atoms with Gasteiger partial charge in [-0.3, -0.25) is 0 Å². The monoisotopic (exact) mass is 870 g/mol. The molecule has 11 aromatic carbocycles. The van der Waals surface area contributed by atoms with Gasteiger partial charge in [0.2, 0.25) is 0 Å². The van der Waals surface area contributed by atoms with E-state index in [0.717, 1.165) is 28.3 Å². The number of hydrogen-bond donors (Lipinski definition) is 0. The highest BCUT2D eigenvalue weighted by Gasteiger charge is 2.48. The van der Waals surface area contributed by atoms with Crippen LogP contribution in [0.3, 0.4) is 0 Å². The van der Waals surface area contributed by atoms with E-state index >= 15 is 0 Å². The standard InChI is InChI=1S/C64H46N2Si/c1-5-20-50(21-6-1)59-29-15-16-30-60(59)65(55-40-35-48(36-41-55)52-34-33-47-19-13-14-22-51(47)45-52)56-42-37-49(38-43-56)53-39-44-64-62(46-53)66(54-23-7-2-8-24-54)61-31-17-18-32-63(61)67(64,57-25-9-3-10-26-57)58-27-11-4-12-28-58/h1-46H. The second-order valence-corrected chi connectivity index (χ2v) is 21.0. The number of hydrogen-bond acceptors (Lipinski definition) is 2. The molecular weight excluding hydrogens is 825 g/mol. The Kier molecular flexibility index (Phi) is 10.2.